The lowest BCUT2D eigenvalue weighted by molar-refractivity contribution is 0.0121. The number of carbonyl (C=O) groups excluding carboxylic acids is 2. The maximum atomic E-state index is 14.7. The van der Waals surface area contributed by atoms with Crippen LogP contribution in [0, 0.1) is 5.82 Å². The van der Waals surface area contributed by atoms with E-state index < -0.39 is 24.1 Å². The summed E-state index contributed by atoms with van der Waals surface area (Å²) in [5.41, 5.74) is 13.4. The van der Waals surface area contributed by atoms with Gasteiger partial charge in [0.25, 0.3) is 18.2 Å². The van der Waals surface area contributed by atoms with Crippen molar-refractivity contribution in [2.24, 2.45) is 5.73 Å². The lowest BCUT2D eigenvalue weighted by Gasteiger charge is -2.45. The molecule has 3 aromatic heterocycles. The molecule has 0 spiro atoms. The summed E-state index contributed by atoms with van der Waals surface area (Å²) >= 11 is 0.757. The monoisotopic (exact) mass is 684 g/mol. The van der Waals surface area contributed by atoms with Gasteiger partial charge in [-0.2, -0.15) is 5.10 Å². The third-order valence-corrected chi connectivity index (χ3v) is 10.4. The average Bonchev–Trinajstić information content (AvgIpc) is 3.64. The molecule has 4 aromatic rings. The molecule has 0 aliphatic carbocycles. The number of likely N-dealkylation sites (tertiary alicyclic amines) is 1. The van der Waals surface area contributed by atoms with Gasteiger partial charge in [0, 0.05) is 49.3 Å². The minimum Gasteiger partial charge on any atom is -0.489 e. The first-order chi connectivity index (χ1) is 22.9. The number of rotatable bonds is 9. The number of hydrogen-bond acceptors (Lipinski definition) is 9. The van der Waals surface area contributed by atoms with Gasteiger partial charge in [0.05, 0.1) is 21.8 Å². The Morgan fingerprint density at radius 3 is 2.67 bits per heavy atom. The van der Waals surface area contributed by atoms with Crippen LogP contribution < -0.4 is 26.4 Å². The number of alkyl halides is 2. The number of nitrogen functional groups attached to an aromatic ring is 1. The van der Waals surface area contributed by atoms with Crippen molar-refractivity contribution in [3.05, 3.63) is 57.8 Å². The molecule has 5 heterocycles. The van der Waals surface area contributed by atoms with Gasteiger partial charge in [-0.15, -0.1) is 11.3 Å². The minimum absolute atomic E-state index is 0.119. The van der Waals surface area contributed by atoms with Crippen molar-refractivity contribution in [2.45, 2.75) is 70.6 Å². The van der Waals surface area contributed by atoms with Crippen LogP contribution in [0.3, 0.4) is 0 Å². The molecule has 256 valence electrons. The number of carbonyl (C=O) groups is 2. The molecule has 0 saturated carbocycles. The molecule has 2 aliphatic heterocycles. The van der Waals surface area contributed by atoms with Crippen LogP contribution in [-0.4, -0.2) is 75.2 Å². The van der Waals surface area contributed by atoms with Gasteiger partial charge >= 0.3 is 0 Å². The Kier molecular flexibility index (Phi) is 9.27. The maximum absolute atomic E-state index is 14.7. The number of thiophene rings is 1. The fraction of sp³-hybridized carbons (Fsp3) is 0.455. The van der Waals surface area contributed by atoms with Gasteiger partial charge in [-0.05, 0) is 57.9 Å². The number of nitrogens with one attached hydrogen (secondary N) is 1. The largest absolute Gasteiger partial charge is 0.489 e. The zero-order valence-electron chi connectivity index (χ0n) is 27.0. The second-order valence-corrected chi connectivity index (χ2v) is 14.0. The number of hydrogen-bond donors (Lipinski definition) is 3. The Balaban J connectivity index is 1.23. The first-order valence-electron chi connectivity index (χ1n) is 16.0. The molecule has 48 heavy (non-hydrogen) atoms. The van der Waals surface area contributed by atoms with Crippen molar-refractivity contribution < 1.29 is 27.5 Å². The standard InChI is InChI=1S/C33H39F3N8O3S/c1-4-43-11-9-20(15-33(43,2)3)47-25-14-26(29(35)36)48-28(25)32(46)41-19-6-5-10-42(16-19)24-13-23(44-27(24)30(37)39-17-40-44)18-7-8-21(31(38)45)22(34)12-18/h7-8,12-14,17,19-20,29H,4-6,9-11,15-16H2,1-3H3,(H2,38,45)(H,41,46)(H2,37,39,40)/t19-,20-/m1/s1. The summed E-state index contributed by atoms with van der Waals surface area (Å²) in [4.78, 5) is 33.7. The number of nitrogens with zero attached hydrogens (tertiary/aromatic N) is 5. The second kappa shape index (κ2) is 13.3. The summed E-state index contributed by atoms with van der Waals surface area (Å²) in [7, 11) is 0. The highest BCUT2D eigenvalue weighted by molar-refractivity contribution is 7.14. The van der Waals surface area contributed by atoms with Gasteiger partial charge in [0.1, 0.15) is 34.4 Å². The van der Waals surface area contributed by atoms with E-state index in [1.54, 1.807) is 10.6 Å². The van der Waals surface area contributed by atoms with Gasteiger partial charge in [-0.3, -0.25) is 14.5 Å². The molecule has 2 atom stereocenters. The van der Waals surface area contributed by atoms with E-state index in [0.29, 0.717) is 54.8 Å². The molecular weight excluding hydrogens is 645 g/mol. The predicted octanol–water partition coefficient (Wildman–Crippen LogP) is 5.26. The van der Waals surface area contributed by atoms with Crippen LogP contribution in [0.2, 0.25) is 0 Å². The van der Waals surface area contributed by atoms with Gasteiger partial charge in [0.15, 0.2) is 5.82 Å². The van der Waals surface area contributed by atoms with Crippen LogP contribution in [0.1, 0.15) is 77.8 Å². The molecule has 5 N–H and O–H groups in total. The molecule has 0 radical (unpaired) electrons. The fourth-order valence-corrected chi connectivity index (χ4v) is 7.79. The smallest absolute Gasteiger partial charge is 0.272 e. The van der Waals surface area contributed by atoms with Crippen LogP contribution in [0.15, 0.2) is 36.7 Å². The molecule has 0 unspecified atom stereocenters. The van der Waals surface area contributed by atoms with Crippen LogP contribution in [0.5, 0.6) is 5.75 Å². The molecule has 15 heteroatoms. The van der Waals surface area contributed by atoms with E-state index in [2.05, 4.69) is 41.1 Å². The summed E-state index contributed by atoms with van der Waals surface area (Å²) < 4.78 is 50.2. The van der Waals surface area contributed by atoms with Crippen LogP contribution in [0.25, 0.3) is 16.8 Å². The first kappa shape index (κ1) is 33.5. The topological polar surface area (TPSA) is 144 Å². The Labute approximate surface area is 280 Å². The van der Waals surface area contributed by atoms with Crippen LogP contribution in [0.4, 0.5) is 24.7 Å². The fourth-order valence-electron chi connectivity index (χ4n) is 6.94. The number of amides is 2. The van der Waals surface area contributed by atoms with Crippen LogP contribution >= 0.6 is 11.3 Å². The van der Waals surface area contributed by atoms with E-state index in [1.165, 1.54) is 24.5 Å². The summed E-state index contributed by atoms with van der Waals surface area (Å²) in [6.07, 6.45) is 1.19. The quantitative estimate of drug-likeness (QED) is 0.217. The number of ether oxygens (including phenoxy) is 1. The molecule has 0 bridgehead atoms. The van der Waals surface area contributed by atoms with E-state index in [4.69, 9.17) is 16.2 Å². The van der Waals surface area contributed by atoms with Crippen molar-refractivity contribution in [3.8, 4) is 17.0 Å². The van der Waals surface area contributed by atoms with E-state index in [0.717, 1.165) is 30.8 Å². The number of benzene rings is 1. The Morgan fingerprint density at radius 1 is 1.19 bits per heavy atom. The highest BCUT2D eigenvalue weighted by Crippen LogP contribution is 2.39. The number of anilines is 2. The van der Waals surface area contributed by atoms with Crippen LogP contribution in [-0.2, 0) is 0 Å². The number of piperidine rings is 2. The normalized spacial score (nSPS) is 19.9. The lowest BCUT2D eigenvalue weighted by Crippen LogP contribution is -2.52. The first-order valence-corrected chi connectivity index (χ1v) is 16.8. The summed E-state index contributed by atoms with van der Waals surface area (Å²) in [6, 6.07) is 6.90. The van der Waals surface area contributed by atoms with Crippen molar-refractivity contribution in [1.29, 1.82) is 0 Å². The zero-order valence-corrected chi connectivity index (χ0v) is 27.8. The number of primary amides is 1. The number of aromatic nitrogens is 3. The highest BCUT2D eigenvalue weighted by atomic mass is 32.1. The zero-order chi connectivity index (χ0) is 34.3. The predicted molar refractivity (Wildman–Crippen MR) is 178 cm³/mol. The molecule has 1 aromatic carbocycles. The van der Waals surface area contributed by atoms with Crippen molar-refractivity contribution >= 4 is 40.2 Å². The van der Waals surface area contributed by atoms with E-state index in [1.807, 2.05) is 11.0 Å². The van der Waals surface area contributed by atoms with Gasteiger partial charge in [-0.25, -0.2) is 22.7 Å². The van der Waals surface area contributed by atoms with Crippen molar-refractivity contribution in [2.75, 3.05) is 36.8 Å². The summed E-state index contributed by atoms with van der Waals surface area (Å²) in [5, 5.41) is 7.42. The number of nitrogens with two attached hydrogens (primary N) is 2. The number of halogens is 3. The average molecular weight is 685 g/mol. The Hall–Kier alpha value is -4.37. The third kappa shape index (κ3) is 6.52. The lowest BCUT2D eigenvalue weighted by atomic mass is 9.88. The van der Waals surface area contributed by atoms with Gasteiger partial charge in [-0.1, -0.05) is 13.0 Å². The van der Waals surface area contributed by atoms with Gasteiger partial charge < -0.3 is 26.4 Å². The van der Waals surface area contributed by atoms with Crippen molar-refractivity contribution in [1.82, 2.24) is 24.8 Å². The van der Waals surface area contributed by atoms with E-state index >= 15 is 0 Å². The maximum Gasteiger partial charge on any atom is 0.272 e. The summed E-state index contributed by atoms with van der Waals surface area (Å²) in [6.45, 7) is 9.13. The minimum atomic E-state index is -2.73. The molecule has 2 fully saturated rings. The third-order valence-electron chi connectivity index (χ3n) is 9.31. The van der Waals surface area contributed by atoms with Crippen molar-refractivity contribution in [3.63, 3.8) is 0 Å². The second-order valence-electron chi connectivity index (χ2n) is 12.9. The molecular formula is C33H39F3N8O3S. The Bertz CT molecular complexity index is 1840. The molecule has 11 nitrogen and oxygen atoms in total. The number of fused-ring (bicyclic) bond motifs is 1. The van der Waals surface area contributed by atoms with Gasteiger partial charge in [0.2, 0.25) is 0 Å². The SMILES string of the molecule is CCN1CC[C@@H](Oc2cc(C(F)F)sc2C(=O)N[C@@H]2CCCN(c3cc(-c4ccc(C(N)=O)c(F)c4)n4ncnc(N)c34)C2)CC1(C)C. The molecule has 6 rings (SSSR count). The van der Waals surface area contributed by atoms with E-state index in [-0.39, 0.29) is 44.6 Å². The molecule has 2 aliphatic rings. The molecule has 2 saturated heterocycles. The molecule has 2 amide bonds. The van der Waals surface area contributed by atoms with E-state index in [9.17, 15) is 22.8 Å². The summed E-state index contributed by atoms with van der Waals surface area (Å²) in [5.74, 6) is -1.70. The highest BCUT2D eigenvalue weighted by Gasteiger charge is 2.36. The Morgan fingerprint density at radius 2 is 1.98 bits per heavy atom.